The van der Waals surface area contributed by atoms with Crippen LogP contribution in [0.4, 0.5) is 4.79 Å². The normalized spacial score (nSPS) is 16.9. The lowest BCUT2D eigenvalue weighted by Gasteiger charge is -2.35. The van der Waals surface area contributed by atoms with E-state index in [-0.39, 0.29) is 12.1 Å². The summed E-state index contributed by atoms with van der Waals surface area (Å²) in [6.07, 6.45) is 2.05. The van der Waals surface area contributed by atoms with Gasteiger partial charge in [0.2, 0.25) is 0 Å². The predicted molar refractivity (Wildman–Crippen MR) is 110 cm³/mol. The standard InChI is InChI=1S/C22H31N3O2/c1-15-7-6-8-19-20(27-5)10-9-18(21(15)19)16(2)23-22(26)25(4)17-11-13-24(3)14-12-17/h6-10,16-17H,11-14H2,1-5H3,(H,23,26). The van der Waals surface area contributed by atoms with Gasteiger partial charge in [0, 0.05) is 18.5 Å². The van der Waals surface area contributed by atoms with Gasteiger partial charge in [0.15, 0.2) is 0 Å². The fourth-order valence-corrected chi connectivity index (χ4v) is 4.05. The number of aryl methyl sites for hydroxylation is 1. The van der Waals surface area contributed by atoms with Gasteiger partial charge in [-0.2, -0.15) is 0 Å². The molecule has 1 aliphatic rings. The lowest BCUT2D eigenvalue weighted by molar-refractivity contribution is 0.146. The third-order valence-corrected chi connectivity index (χ3v) is 5.82. The highest BCUT2D eigenvalue weighted by Crippen LogP contribution is 2.33. The van der Waals surface area contributed by atoms with E-state index in [1.54, 1.807) is 7.11 Å². The average Bonchev–Trinajstić information content (AvgIpc) is 2.67. The van der Waals surface area contributed by atoms with Crippen molar-refractivity contribution in [3.63, 3.8) is 0 Å². The van der Waals surface area contributed by atoms with Gasteiger partial charge in [0.05, 0.1) is 13.2 Å². The SMILES string of the molecule is COc1ccc(C(C)NC(=O)N(C)C2CCN(C)CC2)c2c(C)cccc12. The zero-order valence-electron chi connectivity index (χ0n) is 17.1. The summed E-state index contributed by atoms with van der Waals surface area (Å²) >= 11 is 0. The van der Waals surface area contributed by atoms with Crippen molar-refractivity contribution in [3.05, 3.63) is 41.5 Å². The molecule has 1 fully saturated rings. The Morgan fingerprint density at radius 1 is 1.26 bits per heavy atom. The van der Waals surface area contributed by atoms with E-state index in [4.69, 9.17) is 4.74 Å². The van der Waals surface area contributed by atoms with Crippen LogP contribution >= 0.6 is 0 Å². The highest BCUT2D eigenvalue weighted by Gasteiger charge is 2.25. The number of nitrogens with one attached hydrogen (secondary N) is 1. The number of hydrogen-bond donors (Lipinski definition) is 1. The first-order valence-electron chi connectivity index (χ1n) is 9.70. The first-order chi connectivity index (χ1) is 12.9. The van der Waals surface area contributed by atoms with Crippen LogP contribution in [0.1, 0.15) is 36.9 Å². The van der Waals surface area contributed by atoms with Crippen LogP contribution in [0.15, 0.2) is 30.3 Å². The topological polar surface area (TPSA) is 44.8 Å². The minimum absolute atomic E-state index is 0.00500. The van der Waals surface area contributed by atoms with Gasteiger partial charge >= 0.3 is 6.03 Å². The number of urea groups is 1. The Balaban J connectivity index is 1.80. The van der Waals surface area contributed by atoms with Crippen LogP contribution in [-0.4, -0.2) is 56.2 Å². The Labute approximate surface area is 162 Å². The Kier molecular flexibility index (Phi) is 5.90. The summed E-state index contributed by atoms with van der Waals surface area (Å²) in [5.74, 6) is 0.861. The molecule has 1 N–H and O–H groups in total. The fourth-order valence-electron chi connectivity index (χ4n) is 4.05. The zero-order chi connectivity index (χ0) is 19.6. The molecule has 146 valence electrons. The molecule has 0 aromatic heterocycles. The number of piperidine rings is 1. The van der Waals surface area contributed by atoms with E-state index in [0.717, 1.165) is 48.0 Å². The van der Waals surface area contributed by atoms with Gasteiger partial charge < -0.3 is 19.9 Å². The zero-order valence-corrected chi connectivity index (χ0v) is 17.1. The smallest absolute Gasteiger partial charge is 0.317 e. The molecule has 5 heteroatoms. The average molecular weight is 370 g/mol. The minimum Gasteiger partial charge on any atom is -0.496 e. The summed E-state index contributed by atoms with van der Waals surface area (Å²) in [5, 5.41) is 5.44. The maximum absolute atomic E-state index is 12.8. The summed E-state index contributed by atoms with van der Waals surface area (Å²) in [6.45, 7) is 6.23. The third-order valence-electron chi connectivity index (χ3n) is 5.82. The van der Waals surface area contributed by atoms with Crippen molar-refractivity contribution in [2.75, 3.05) is 34.3 Å². The van der Waals surface area contributed by atoms with Crippen LogP contribution in [0.2, 0.25) is 0 Å². The predicted octanol–water partition coefficient (Wildman–Crippen LogP) is 3.95. The number of rotatable bonds is 4. The van der Waals surface area contributed by atoms with Gasteiger partial charge in [-0.15, -0.1) is 0 Å². The minimum atomic E-state index is -0.0827. The number of carbonyl (C=O) groups excluding carboxylic acids is 1. The van der Waals surface area contributed by atoms with Crippen LogP contribution in [0.5, 0.6) is 5.75 Å². The summed E-state index contributed by atoms with van der Waals surface area (Å²) in [6, 6.07) is 10.5. The number of benzene rings is 2. The molecule has 2 aromatic carbocycles. The lowest BCUT2D eigenvalue weighted by Crippen LogP contribution is -2.48. The van der Waals surface area contributed by atoms with Crippen LogP contribution in [0, 0.1) is 6.92 Å². The Morgan fingerprint density at radius 3 is 2.63 bits per heavy atom. The Hall–Kier alpha value is -2.27. The summed E-state index contributed by atoms with van der Waals surface area (Å²) in [5.41, 5.74) is 2.31. The number of fused-ring (bicyclic) bond motifs is 1. The van der Waals surface area contributed by atoms with E-state index in [1.165, 1.54) is 5.56 Å². The molecule has 5 nitrogen and oxygen atoms in total. The number of amides is 2. The van der Waals surface area contributed by atoms with Crippen LogP contribution in [0.3, 0.4) is 0 Å². The van der Waals surface area contributed by atoms with E-state index in [2.05, 4.69) is 42.4 Å². The molecule has 0 saturated carbocycles. The van der Waals surface area contributed by atoms with Crippen LogP contribution in [-0.2, 0) is 0 Å². The maximum atomic E-state index is 12.8. The summed E-state index contributed by atoms with van der Waals surface area (Å²) in [4.78, 5) is 17.0. The number of carbonyl (C=O) groups is 1. The molecule has 0 bridgehead atoms. The number of likely N-dealkylation sites (tertiary alicyclic amines) is 1. The number of nitrogens with zero attached hydrogens (tertiary/aromatic N) is 2. The van der Waals surface area contributed by atoms with E-state index >= 15 is 0 Å². The van der Waals surface area contributed by atoms with Crippen molar-refractivity contribution in [1.29, 1.82) is 0 Å². The second kappa shape index (κ2) is 8.17. The molecule has 1 heterocycles. The molecule has 1 unspecified atom stereocenters. The molecule has 1 saturated heterocycles. The lowest BCUT2D eigenvalue weighted by atomic mass is 9.95. The first-order valence-corrected chi connectivity index (χ1v) is 9.70. The summed E-state index contributed by atoms with van der Waals surface area (Å²) < 4.78 is 5.52. The van der Waals surface area contributed by atoms with Gasteiger partial charge in [-0.3, -0.25) is 0 Å². The number of ether oxygens (including phenoxy) is 1. The van der Waals surface area contributed by atoms with E-state index < -0.39 is 0 Å². The highest BCUT2D eigenvalue weighted by molar-refractivity contribution is 5.94. The van der Waals surface area contributed by atoms with Crippen molar-refractivity contribution >= 4 is 16.8 Å². The van der Waals surface area contributed by atoms with Crippen LogP contribution in [0.25, 0.3) is 10.8 Å². The molecule has 3 rings (SSSR count). The molecule has 1 aliphatic heterocycles. The molecule has 27 heavy (non-hydrogen) atoms. The molecule has 0 radical (unpaired) electrons. The van der Waals surface area contributed by atoms with Crippen molar-refractivity contribution in [1.82, 2.24) is 15.1 Å². The monoisotopic (exact) mass is 369 g/mol. The maximum Gasteiger partial charge on any atom is 0.317 e. The fraction of sp³-hybridized carbons (Fsp3) is 0.500. The highest BCUT2D eigenvalue weighted by atomic mass is 16.5. The van der Waals surface area contributed by atoms with Crippen molar-refractivity contribution in [3.8, 4) is 5.75 Å². The van der Waals surface area contributed by atoms with Crippen molar-refractivity contribution in [2.45, 2.75) is 38.8 Å². The molecule has 0 aliphatic carbocycles. The van der Waals surface area contributed by atoms with E-state index in [9.17, 15) is 4.79 Å². The van der Waals surface area contributed by atoms with Crippen molar-refractivity contribution < 1.29 is 9.53 Å². The van der Waals surface area contributed by atoms with Gasteiger partial charge in [-0.1, -0.05) is 24.3 Å². The number of methoxy groups -OCH3 is 1. The van der Waals surface area contributed by atoms with Crippen molar-refractivity contribution in [2.24, 2.45) is 0 Å². The van der Waals surface area contributed by atoms with Gasteiger partial charge in [-0.25, -0.2) is 4.79 Å². The second-order valence-electron chi connectivity index (χ2n) is 7.67. The molecule has 2 aromatic rings. The quantitative estimate of drug-likeness (QED) is 0.887. The largest absolute Gasteiger partial charge is 0.496 e. The van der Waals surface area contributed by atoms with Gasteiger partial charge in [0.25, 0.3) is 0 Å². The van der Waals surface area contributed by atoms with E-state index in [0.29, 0.717) is 6.04 Å². The Bertz CT molecular complexity index is 813. The molecule has 2 amide bonds. The van der Waals surface area contributed by atoms with Gasteiger partial charge in [0.1, 0.15) is 5.75 Å². The molecule has 0 spiro atoms. The van der Waals surface area contributed by atoms with Crippen LogP contribution < -0.4 is 10.1 Å². The Morgan fingerprint density at radius 2 is 1.96 bits per heavy atom. The van der Waals surface area contributed by atoms with Gasteiger partial charge in [-0.05, 0) is 69.4 Å². The first kappa shape index (κ1) is 19.5. The molecule has 1 atom stereocenters. The number of hydrogen-bond acceptors (Lipinski definition) is 3. The second-order valence-corrected chi connectivity index (χ2v) is 7.67. The molecular formula is C22H31N3O2. The van der Waals surface area contributed by atoms with E-state index in [1.807, 2.05) is 31.0 Å². The summed E-state index contributed by atoms with van der Waals surface area (Å²) in [7, 11) is 5.74. The third kappa shape index (κ3) is 4.03. The molecular weight excluding hydrogens is 338 g/mol.